The van der Waals surface area contributed by atoms with Gasteiger partial charge in [-0.15, -0.1) is 11.3 Å². The van der Waals surface area contributed by atoms with E-state index < -0.39 is 5.97 Å². The van der Waals surface area contributed by atoms with Crippen molar-refractivity contribution in [1.82, 2.24) is 15.2 Å². The van der Waals surface area contributed by atoms with Gasteiger partial charge in [-0.05, 0) is 19.8 Å². The van der Waals surface area contributed by atoms with Crippen molar-refractivity contribution in [2.24, 2.45) is 0 Å². The highest BCUT2D eigenvalue weighted by Gasteiger charge is 2.33. The number of carboxylic acid groups (broad SMARTS) is 1. The number of methoxy groups -OCH3 is 1. The van der Waals surface area contributed by atoms with Gasteiger partial charge < -0.3 is 20.1 Å². The number of aromatic carboxylic acids is 1. The maximum Gasteiger partial charge on any atom is 0.355 e. The molecule has 0 aromatic carbocycles. The molecule has 0 radical (unpaired) electrons. The summed E-state index contributed by atoms with van der Waals surface area (Å²) in [7, 11) is 1.61. The van der Waals surface area contributed by atoms with Crippen molar-refractivity contribution in [3.05, 3.63) is 16.1 Å². The third-order valence-corrected chi connectivity index (χ3v) is 4.26. The number of hydrogen-bond donors (Lipinski definition) is 2. The molecule has 1 aliphatic carbocycles. The Balaban J connectivity index is 1.94. The lowest BCUT2D eigenvalue weighted by Crippen LogP contribution is -2.43. The Bertz CT molecular complexity index is 515. The summed E-state index contributed by atoms with van der Waals surface area (Å²) in [5, 5.41) is 13.8. The Labute approximate surface area is 126 Å². The lowest BCUT2D eigenvalue weighted by molar-refractivity contribution is 0.0691. The number of nitrogens with zero attached hydrogens (tertiary/aromatic N) is 2. The number of carboxylic acids is 1. The van der Waals surface area contributed by atoms with Crippen LogP contribution >= 0.6 is 11.3 Å². The van der Waals surface area contributed by atoms with Crippen molar-refractivity contribution in [3.63, 3.8) is 0 Å². The van der Waals surface area contributed by atoms with Gasteiger partial charge in [-0.2, -0.15) is 0 Å². The molecule has 21 heavy (non-hydrogen) atoms. The highest BCUT2D eigenvalue weighted by molar-refractivity contribution is 7.09. The van der Waals surface area contributed by atoms with E-state index in [9.17, 15) is 9.59 Å². The van der Waals surface area contributed by atoms with E-state index in [1.165, 1.54) is 16.7 Å². The van der Waals surface area contributed by atoms with Crippen LogP contribution in [-0.4, -0.2) is 53.3 Å². The predicted molar refractivity (Wildman–Crippen MR) is 77.6 cm³/mol. The number of carbonyl (C=O) groups excluding carboxylic acids is 1. The molecule has 2 amide bonds. The van der Waals surface area contributed by atoms with Gasteiger partial charge in [0.1, 0.15) is 5.01 Å². The summed E-state index contributed by atoms with van der Waals surface area (Å²) in [6.07, 6.45) is 2.04. The number of aromatic nitrogens is 1. The number of carbonyl (C=O) groups is 2. The molecular weight excluding hydrogens is 294 g/mol. The molecule has 1 saturated carbocycles. The highest BCUT2D eigenvalue weighted by Crippen LogP contribution is 2.27. The van der Waals surface area contributed by atoms with Crippen molar-refractivity contribution in [1.29, 1.82) is 0 Å². The average Bonchev–Trinajstić information content (AvgIpc) is 3.14. The Hall–Kier alpha value is -1.67. The zero-order chi connectivity index (χ0) is 15.4. The fourth-order valence-electron chi connectivity index (χ4n) is 1.94. The third kappa shape index (κ3) is 4.15. The second-order valence-corrected chi connectivity index (χ2v) is 5.85. The minimum Gasteiger partial charge on any atom is -0.476 e. The Morgan fingerprint density at radius 1 is 1.62 bits per heavy atom. The van der Waals surface area contributed by atoms with E-state index in [-0.39, 0.29) is 17.8 Å². The highest BCUT2D eigenvalue weighted by atomic mass is 32.1. The van der Waals surface area contributed by atoms with E-state index >= 15 is 0 Å². The molecule has 1 aromatic heterocycles. The first-order valence-electron chi connectivity index (χ1n) is 6.77. The van der Waals surface area contributed by atoms with Crippen molar-refractivity contribution in [3.8, 4) is 0 Å². The van der Waals surface area contributed by atoms with E-state index in [1.807, 2.05) is 0 Å². The van der Waals surface area contributed by atoms with Crippen molar-refractivity contribution in [2.45, 2.75) is 31.8 Å². The minimum absolute atomic E-state index is 0.00883. The summed E-state index contributed by atoms with van der Waals surface area (Å²) >= 11 is 1.23. The number of amides is 2. The van der Waals surface area contributed by atoms with E-state index in [4.69, 9.17) is 9.84 Å². The van der Waals surface area contributed by atoms with Crippen LogP contribution in [0.25, 0.3) is 0 Å². The summed E-state index contributed by atoms with van der Waals surface area (Å²) in [6, 6.07) is -0.188. The Morgan fingerprint density at radius 2 is 2.33 bits per heavy atom. The van der Waals surface area contributed by atoms with Crippen molar-refractivity contribution >= 4 is 23.3 Å². The molecule has 1 aromatic rings. The standard InChI is InChI=1S/C13H19N3O4S/c1-8(11-15-10(7-21-11)12(17)18)14-13(19)16(5-6-20-2)9-3-4-9/h7-9H,3-6H2,1-2H3,(H,14,19)(H,17,18). The second kappa shape index (κ2) is 6.86. The third-order valence-electron chi connectivity index (χ3n) is 3.24. The molecule has 1 unspecified atom stereocenters. The van der Waals surface area contributed by atoms with E-state index in [1.54, 1.807) is 18.9 Å². The summed E-state index contributed by atoms with van der Waals surface area (Å²) < 4.78 is 5.02. The van der Waals surface area contributed by atoms with Gasteiger partial charge in [0.2, 0.25) is 0 Å². The van der Waals surface area contributed by atoms with Gasteiger partial charge in [0.05, 0.1) is 12.6 Å². The molecule has 0 spiro atoms. The van der Waals surface area contributed by atoms with Gasteiger partial charge in [-0.3, -0.25) is 0 Å². The Morgan fingerprint density at radius 3 is 2.86 bits per heavy atom. The van der Waals surface area contributed by atoms with Gasteiger partial charge in [0.25, 0.3) is 0 Å². The Kier molecular flexibility index (Phi) is 5.13. The molecule has 0 aliphatic heterocycles. The summed E-state index contributed by atoms with van der Waals surface area (Å²) in [5.41, 5.74) is 0.00883. The molecule has 0 saturated heterocycles. The van der Waals surface area contributed by atoms with Crippen LogP contribution in [0.2, 0.25) is 0 Å². The second-order valence-electron chi connectivity index (χ2n) is 4.96. The molecule has 1 atom stereocenters. The van der Waals surface area contributed by atoms with Crippen LogP contribution in [0.15, 0.2) is 5.38 Å². The topological polar surface area (TPSA) is 91.8 Å². The number of ether oxygens (including phenoxy) is 1. The predicted octanol–water partition coefficient (Wildman–Crippen LogP) is 1.72. The van der Waals surface area contributed by atoms with Crippen LogP contribution in [0.3, 0.4) is 0 Å². The SMILES string of the molecule is COCCN(C(=O)NC(C)c1nc(C(=O)O)cs1)C1CC1. The number of rotatable bonds is 7. The quantitative estimate of drug-likeness (QED) is 0.799. The van der Waals surface area contributed by atoms with Crippen LogP contribution in [0.5, 0.6) is 0 Å². The molecule has 116 valence electrons. The van der Waals surface area contributed by atoms with Gasteiger partial charge in [-0.1, -0.05) is 0 Å². The van der Waals surface area contributed by atoms with E-state index in [0.717, 1.165) is 12.8 Å². The molecule has 2 N–H and O–H groups in total. The normalized spacial score (nSPS) is 15.5. The summed E-state index contributed by atoms with van der Waals surface area (Å²) in [4.78, 5) is 28.9. The number of nitrogens with one attached hydrogen (secondary N) is 1. The fourth-order valence-corrected chi connectivity index (χ4v) is 2.74. The fraction of sp³-hybridized carbons (Fsp3) is 0.615. The molecule has 1 heterocycles. The lowest BCUT2D eigenvalue weighted by atomic mass is 10.3. The van der Waals surface area contributed by atoms with Gasteiger partial charge >= 0.3 is 12.0 Å². The molecule has 0 bridgehead atoms. The van der Waals surface area contributed by atoms with Crippen molar-refractivity contribution < 1.29 is 19.4 Å². The molecule has 1 fully saturated rings. The number of urea groups is 1. The first-order chi connectivity index (χ1) is 10.0. The van der Waals surface area contributed by atoms with Gasteiger partial charge in [0.15, 0.2) is 5.69 Å². The molecule has 7 nitrogen and oxygen atoms in total. The maximum absolute atomic E-state index is 12.3. The maximum atomic E-state index is 12.3. The summed E-state index contributed by atoms with van der Waals surface area (Å²) in [6.45, 7) is 2.85. The van der Waals surface area contributed by atoms with E-state index in [2.05, 4.69) is 10.3 Å². The molecule has 1 aliphatic rings. The minimum atomic E-state index is -1.06. The largest absolute Gasteiger partial charge is 0.476 e. The number of hydrogen-bond acceptors (Lipinski definition) is 5. The van der Waals surface area contributed by atoms with E-state index in [0.29, 0.717) is 24.2 Å². The number of thiazole rings is 1. The first-order valence-corrected chi connectivity index (χ1v) is 7.65. The lowest BCUT2D eigenvalue weighted by Gasteiger charge is -2.24. The van der Waals surface area contributed by atoms with Crippen LogP contribution in [-0.2, 0) is 4.74 Å². The zero-order valence-corrected chi connectivity index (χ0v) is 12.9. The molecule has 2 rings (SSSR count). The first kappa shape index (κ1) is 15.7. The van der Waals surface area contributed by atoms with Gasteiger partial charge in [-0.25, -0.2) is 14.6 Å². The molecular formula is C13H19N3O4S. The molecule has 8 heteroatoms. The summed E-state index contributed by atoms with van der Waals surface area (Å²) in [5.74, 6) is -1.06. The monoisotopic (exact) mass is 313 g/mol. The smallest absolute Gasteiger partial charge is 0.355 e. The van der Waals surface area contributed by atoms with Crippen LogP contribution in [0.1, 0.15) is 41.3 Å². The van der Waals surface area contributed by atoms with Crippen molar-refractivity contribution in [2.75, 3.05) is 20.3 Å². The van der Waals surface area contributed by atoms with Crippen LogP contribution in [0.4, 0.5) is 4.79 Å². The van der Waals surface area contributed by atoms with Gasteiger partial charge in [0, 0.05) is 25.1 Å². The van der Waals surface area contributed by atoms with Crippen LogP contribution in [0, 0.1) is 0 Å². The zero-order valence-electron chi connectivity index (χ0n) is 12.0. The average molecular weight is 313 g/mol. The van der Waals surface area contributed by atoms with Crippen LogP contribution < -0.4 is 5.32 Å².